The lowest BCUT2D eigenvalue weighted by molar-refractivity contribution is -0.116. The first-order valence-corrected chi connectivity index (χ1v) is 15.4. The van der Waals surface area contributed by atoms with Gasteiger partial charge >= 0.3 is 6.09 Å². The third-order valence-electron chi connectivity index (χ3n) is 8.23. The van der Waals surface area contributed by atoms with Crippen molar-refractivity contribution in [1.29, 1.82) is 0 Å². The number of unbranched alkanes of at least 4 members (excludes halogenated alkanes) is 1. The number of phenolic OH excluding ortho intramolecular Hbond substituents is 1. The molecule has 1 aliphatic rings. The van der Waals surface area contributed by atoms with Crippen LogP contribution in [0.3, 0.4) is 0 Å². The molecule has 1 aliphatic heterocycles. The number of carboxylic acid groups (broad SMARTS) is 1. The molecule has 1 atom stereocenters. The molecule has 10 heteroatoms. The topological polar surface area (TPSA) is 157 Å². The maximum atomic E-state index is 11.8. The van der Waals surface area contributed by atoms with Gasteiger partial charge in [0.05, 0.1) is 17.5 Å². The van der Waals surface area contributed by atoms with E-state index < -0.39 is 12.2 Å². The number of nitrogens with zero attached hydrogens (tertiary/aromatic N) is 1. The lowest BCUT2D eigenvalue weighted by Crippen LogP contribution is -2.25. The van der Waals surface area contributed by atoms with Crippen LogP contribution in [0.25, 0.3) is 22.2 Å². The molecule has 0 bridgehead atoms. The number of aliphatic hydroxyl groups is 1. The Morgan fingerprint density at radius 3 is 2.59 bits per heavy atom. The largest absolute Gasteiger partial charge is 0.506 e. The number of aryl methyl sites for hydroxylation is 2. The van der Waals surface area contributed by atoms with Gasteiger partial charge in [-0.1, -0.05) is 54.6 Å². The van der Waals surface area contributed by atoms with Gasteiger partial charge in [0.25, 0.3) is 0 Å². The number of hydrogen-bond donors (Lipinski definition) is 6. The molecule has 1 aromatic heterocycles. The van der Waals surface area contributed by atoms with E-state index in [2.05, 4.69) is 20.9 Å². The second-order valence-electron chi connectivity index (χ2n) is 11.5. The number of nitrogens with one attached hydrogen (secondary N) is 3. The van der Waals surface area contributed by atoms with E-state index >= 15 is 0 Å². The zero-order valence-electron chi connectivity index (χ0n) is 25.3. The van der Waals surface area contributed by atoms with Crippen LogP contribution in [-0.4, -0.2) is 38.8 Å². The molecule has 46 heavy (non-hydrogen) atoms. The molecule has 0 aliphatic carbocycles. The lowest BCUT2D eigenvalue weighted by Gasteiger charge is -2.23. The third-order valence-corrected chi connectivity index (χ3v) is 8.23. The molecule has 10 nitrogen and oxygen atoms in total. The van der Waals surface area contributed by atoms with Crippen LogP contribution in [0.4, 0.5) is 16.2 Å². The number of aromatic hydroxyl groups is 1. The number of aromatic nitrogens is 1. The predicted molar refractivity (Wildman–Crippen MR) is 176 cm³/mol. The first-order chi connectivity index (χ1) is 22.3. The molecule has 4 aromatic carbocycles. The molecule has 0 fully saturated rings. The standard InChI is InChI=1S/C36H36N4O6/c41-30-15-13-26(27-14-17-33(43)40-35(27)30)31(42)21-37-20-23-11-16-32-29(19-23)38-34(46-32)9-5-4-6-22-10-12-25(24-7-2-1-3-8-24)28(18-22)39-36(44)45/h1-3,7-8,10-13,15-16,18-19,31,37,39,41-42H,4-6,9,14,17,20-21H2,(H,40,43)(H,44,45)/t31-/m0/s1. The van der Waals surface area contributed by atoms with Gasteiger partial charge in [-0.25, -0.2) is 9.78 Å². The Morgan fingerprint density at radius 1 is 0.957 bits per heavy atom. The van der Waals surface area contributed by atoms with Gasteiger partial charge in [-0.2, -0.15) is 0 Å². The van der Waals surface area contributed by atoms with Crippen LogP contribution < -0.4 is 16.0 Å². The van der Waals surface area contributed by atoms with E-state index in [1.165, 1.54) is 6.07 Å². The lowest BCUT2D eigenvalue weighted by atomic mass is 9.93. The second kappa shape index (κ2) is 13.8. The van der Waals surface area contributed by atoms with Crippen molar-refractivity contribution in [2.45, 2.75) is 51.2 Å². The first-order valence-electron chi connectivity index (χ1n) is 15.4. The number of rotatable bonds is 12. The number of anilines is 2. The average Bonchev–Trinajstić information content (AvgIpc) is 3.46. The highest BCUT2D eigenvalue weighted by atomic mass is 16.4. The number of benzene rings is 4. The van der Waals surface area contributed by atoms with Crippen molar-refractivity contribution in [2.75, 3.05) is 17.2 Å². The van der Waals surface area contributed by atoms with Crippen LogP contribution >= 0.6 is 0 Å². The predicted octanol–water partition coefficient (Wildman–Crippen LogP) is 6.56. The van der Waals surface area contributed by atoms with Crippen LogP contribution in [-0.2, 0) is 30.6 Å². The molecule has 0 unspecified atom stereocenters. The van der Waals surface area contributed by atoms with Crippen molar-refractivity contribution in [2.24, 2.45) is 0 Å². The monoisotopic (exact) mass is 620 g/mol. The molecule has 6 rings (SSSR count). The van der Waals surface area contributed by atoms with Gasteiger partial charge < -0.3 is 30.4 Å². The summed E-state index contributed by atoms with van der Waals surface area (Å²) in [5, 5.41) is 38.9. The maximum absolute atomic E-state index is 11.8. The summed E-state index contributed by atoms with van der Waals surface area (Å²) in [7, 11) is 0. The van der Waals surface area contributed by atoms with E-state index in [0.29, 0.717) is 55.2 Å². The van der Waals surface area contributed by atoms with Gasteiger partial charge in [0.15, 0.2) is 11.5 Å². The fourth-order valence-electron chi connectivity index (χ4n) is 5.95. The molecule has 6 N–H and O–H groups in total. The van der Waals surface area contributed by atoms with Crippen LogP contribution in [0.2, 0.25) is 0 Å². The van der Waals surface area contributed by atoms with Crippen LogP contribution in [0.1, 0.15) is 53.5 Å². The molecule has 0 radical (unpaired) electrons. The van der Waals surface area contributed by atoms with E-state index in [-0.39, 0.29) is 11.7 Å². The number of amides is 2. The van der Waals surface area contributed by atoms with Crippen molar-refractivity contribution >= 4 is 34.5 Å². The van der Waals surface area contributed by atoms with Crippen LogP contribution in [0, 0.1) is 0 Å². The molecule has 0 saturated heterocycles. The molecule has 2 heterocycles. The fourth-order valence-corrected chi connectivity index (χ4v) is 5.95. The number of oxazole rings is 1. The highest BCUT2D eigenvalue weighted by molar-refractivity contribution is 5.96. The summed E-state index contributed by atoms with van der Waals surface area (Å²) >= 11 is 0. The first kappa shape index (κ1) is 30.8. The maximum Gasteiger partial charge on any atom is 0.409 e. The number of fused-ring (bicyclic) bond motifs is 2. The summed E-state index contributed by atoms with van der Waals surface area (Å²) in [5.41, 5.74) is 7.78. The van der Waals surface area contributed by atoms with Gasteiger partial charge in [-0.05, 0) is 77.8 Å². The Hall–Kier alpha value is -5.19. The zero-order valence-corrected chi connectivity index (χ0v) is 25.3. The van der Waals surface area contributed by atoms with Crippen molar-refractivity contribution in [3.63, 3.8) is 0 Å². The Kier molecular flexibility index (Phi) is 9.28. The minimum atomic E-state index is -1.09. The number of hydrogen-bond acceptors (Lipinski definition) is 7. The van der Waals surface area contributed by atoms with Gasteiger partial charge in [0.1, 0.15) is 11.3 Å². The Morgan fingerprint density at radius 2 is 1.76 bits per heavy atom. The minimum Gasteiger partial charge on any atom is -0.506 e. The highest BCUT2D eigenvalue weighted by Crippen LogP contribution is 2.36. The fraction of sp³-hybridized carbons (Fsp3) is 0.250. The summed E-state index contributed by atoms with van der Waals surface area (Å²) < 4.78 is 5.98. The number of carbonyl (C=O) groups excluding carboxylic acids is 1. The van der Waals surface area contributed by atoms with E-state index in [0.717, 1.165) is 58.2 Å². The van der Waals surface area contributed by atoms with E-state index in [4.69, 9.17) is 4.42 Å². The van der Waals surface area contributed by atoms with E-state index in [9.17, 15) is 24.9 Å². The van der Waals surface area contributed by atoms with Crippen LogP contribution in [0.5, 0.6) is 5.75 Å². The Labute approximate surface area is 266 Å². The smallest absolute Gasteiger partial charge is 0.409 e. The van der Waals surface area contributed by atoms with Crippen molar-refractivity contribution in [1.82, 2.24) is 10.3 Å². The molecule has 0 spiro atoms. The third kappa shape index (κ3) is 7.20. The SMILES string of the molecule is O=C(O)Nc1cc(CCCCc2nc3cc(CNC[C@H](O)c4ccc(O)c5c4CCC(=O)N5)ccc3o2)ccc1-c1ccccc1. The van der Waals surface area contributed by atoms with E-state index in [1.54, 1.807) is 6.07 Å². The molecule has 2 amide bonds. The van der Waals surface area contributed by atoms with Crippen LogP contribution in [0.15, 0.2) is 83.3 Å². The van der Waals surface area contributed by atoms with Gasteiger partial charge in [-0.3, -0.25) is 10.1 Å². The molecular weight excluding hydrogens is 584 g/mol. The summed E-state index contributed by atoms with van der Waals surface area (Å²) in [5.74, 6) is 0.535. The number of carbonyl (C=O) groups is 2. The molecule has 5 aromatic rings. The van der Waals surface area contributed by atoms with Crippen molar-refractivity contribution < 1.29 is 29.3 Å². The minimum absolute atomic E-state index is 0.00481. The van der Waals surface area contributed by atoms with Crippen molar-refractivity contribution in [3.05, 3.63) is 107 Å². The average molecular weight is 621 g/mol. The highest BCUT2D eigenvalue weighted by Gasteiger charge is 2.24. The van der Waals surface area contributed by atoms with Gasteiger partial charge in [-0.15, -0.1) is 0 Å². The number of phenols is 1. The second-order valence-corrected chi connectivity index (χ2v) is 11.5. The molecule has 0 saturated carbocycles. The summed E-state index contributed by atoms with van der Waals surface area (Å²) in [4.78, 5) is 27.9. The molecule has 236 valence electrons. The number of aliphatic hydroxyl groups excluding tert-OH is 1. The van der Waals surface area contributed by atoms with E-state index in [1.807, 2.05) is 66.7 Å². The Balaban J connectivity index is 1.01. The summed E-state index contributed by atoms with van der Waals surface area (Å²) in [6.07, 6.45) is 2.15. The normalized spacial score (nSPS) is 13.3. The summed E-state index contributed by atoms with van der Waals surface area (Å²) in [6.45, 7) is 0.824. The van der Waals surface area contributed by atoms with Crippen molar-refractivity contribution in [3.8, 4) is 16.9 Å². The molecular formula is C36H36N4O6. The quantitative estimate of drug-likeness (QED) is 0.0676. The van der Waals surface area contributed by atoms with Gasteiger partial charge in [0.2, 0.25) is 5.91 Å². The zero-order chi connectivity index (χ0) is 32.0. The summed E-state index contributed by atoms with van der Waals surface area (Å²) in [6, 6.07) is 24.7. The Bertz CT molecular complexity index is 1870. The van der Waals surface area contributed by atoms with Gasteiger partial charge in [0, 0.05) is 31.5 Å².